The van der Waals surface area contributed by atoms with Crippen molar-refractivity contribution < 1.29 is 23.8 Å². The van der Waals surface area contributed by atoms with Gasteiger partial charge in [-0.05, 0) is 0 Å². The summed E-state index contributed by atoms with van der Waals surface area (Å²) in [6, 6.07) is 1.03. The van der Waals surface area contributed by atoms with Gasteiger partial charge in [0, 0.05) is 19.2 Å². The van der Waals surface area contributed by atoms with Gasteiger partial charge in [0.15, 0.2) is 12.4 Å². The van der Waals surface area contributed by atoms with Crippen LogP contribution in [0.3, 0.4) is 0 Å². The molecular weight excluding hydrogens is 275 g/mol. The fourth-order valence-corrected chi connectivity index (χ4v) is 1.89. The molecule has 2 heterocycles. The smallest absolute Gasteiger partial charge is 0.330 e. The number of halogens is 1. The second-order valence-electron chi connectivity index (χ2n) is 4.32. The zero-order valence-corrected chi connectivity index (χ0v) is 10.5. The van der Waals surface area contributed by atoms with Gasteiger partial charge in [0.1, 0.15) is 18.8 Å². The van der Waals surface area contributed by atoms with E-state index in [4.69, 9.17) is 4.74 Å². The Kier molecular flexibility index (Phi) is 4.00. The lowest BCUT2D eigenvalue weighted by atomic mass is 10.1. The van der Waals surface area contributed by atoms with Gasteiger partial charge in [-0.3, -0.25) is 19.1 Å². The fraction of sp³-hybridized carbons (Fsp3) is 0.545. The van der Waals surface area contributed by atoms with Crippen molar-refractivity contribution in [2.45, 2.75) is 31.5 Å². The van der Waals surface area contributed by atoms with Crippen molar-refractivity contribution in [3.05, 3.63) is 33.1 Å². The largest absolute Gasteiger partial charge is 0.463 e. The first kappa shape index (κ1) is 14.4. The maximum Gasteiger partial charge on any atom is 0.330 e. The SMILES string of the molecule is CC(=O)OC[C@H]1O[C@@H](n2ccc(=O)[nH]c2=O)[C@H](F)[C@@H]1O. The molecule has 2 N–H and O–H groups in total. The highest BCUT2D eigenvalue weighted by Gasteiger charge is 2.46. The molecule has 9 heteroatoms. The van der Waals surface area contributed by atoms with Gasteiger partial charge in [0.25, 0.3) is 5.56 Å². The van der Waals surface area contributed by atoms with Crippen LogP contribution in [0.25, 0.3) is 0 Å². The Labute approximate surface area is 111 Å². The van der Waals surface area contributed by atoms with Crippen LogP contribution in [0, 0.1) is 0 Å². The number of rotatable bonds is 3. The van der Waals surface area contributed by atoms with Gasteiger partial charge in [-0.15, -0.1) is 0 Å². The lowest BCUT2D eigenvalue weighted by Gasteiger charge is -2.15. The van der Waals surface area contributed by atoms with Gasteiger partial charge in [0.05, 0.1) is 0 Å². The van der Waals surface area contributed by atoms with Gasteiger partial charge >= 0.3 is 11.7 Å². The van der Waals surface area contributed by atoms with Crippen LogP contribution in [0.15, 0.2) is 21.9 Å². The number of hydrogen-bond acceptors (Lipinski definition) is 6. The number of ether oxygens (including phenoxy) is 2. The standard InChI is InChI=1S/C11H13FN2O6/c1-5(15)19-4-6-9(17)8(12)10(20-6)14-3-2-7(16)13-11(14)18/h2-3,6,8-10,17H,4H2,1H3,(H,13,16,18)/t6-,8-,9-,10-/m1/s1. The highest BCUT2D eigenvalue weighted by Crippen LogP contribution is 2.30. The van der Waals surface area contributed by atoms with Gasteiger partial charge < -0.3 is 14.6 Å². The summed E-state index contributed by atoms with van der Waals surface area (Å²) in [6.07, 6.45) is -4.84. The first-order valence-electron chi connectivity index (χ1n) is 5.82. The molecule has 110 valence electrons. The third-order valence-corrected chi connectivity index (χ3v) is 2.87. The monoisotopic (exact) mass is 288 g/mol. The van der Waals surface area contributed by atoms with E-state index in [-0.39, 0.29) is 6.61 Å². The third kappa shape index (κ3) is 2.78. The molecule has 0 bridgehead atoms. The van der Waals surface area contributed by atoms with Crippen LogP contribution in [-0.2, 0) is 14.3 Å². The second kappa shape index (κ2) is 5.55. The number of esters is 1. The maximum absolute atomic E-state index is 14.0. The molecule has 1 aliphatic heterocycles. The summed E-state index contributed by atoms with van der Waals surface area (Å²) in [5, 5.41) is 9.67. The Morgan fingerprint density at radius 1 is 1.60 bits per heavy atom. The molecule has 0 aliphatic carbocycles. The van der Waals surface area contributed by atoms with Crippen LogP contribution in [0.2, 0.25) is 0 Å². The van der Waals surface area contributed by atoms with E-state index >= 15 is 0 Å². The Morgan fingerprint density at radius 3 is 2.90 bits per heavy atom. The first-order valence-corrected chi connectivity index (χ1v) is 5.82. The molecule has 0 unspecified atom stereocenters. The number of nitrogens with one attached hydrogen (secondary N) is 1. The summed E-state index contributed by atoms with van der Waals surface area (Å²) in [5.74, 6) is -0.596. The summed E-state index contributed by atoms with van der Waals surface area (Å²) >= 11 is 0. The number of alkyl halides is 1. The minimum Gasteiger partial charge on any atom is -0.463 e. The molecule has 0 spiro atoms. The molecule has 20 heavy (non-hydrogen) atoms. The number of H-pyrrole nitrogens is 1. The van der Waals surface area contributed by atoms with Crippen LogP contribution >= 0.6 is 0 Å². The molecule has 0 amide bonds. The lowest BCUT2D eigenvalue weighted by molar-refractivity contribution is -0.147. The summed E-state index contributed by atoms with van der Waals surface area (Å²) in [6.45, 7) is 0.837. The van der Waals surface area contributed by atoms with E-state index in [2.05, 4.69) is 4.74 Å². The molecular formula is C11H13FN2O6. The minimum atomic E-state index is -1.89. The Bertz CT molecular complexity index is 611. The van der Waals surface area contributed by atoms with Crippen LogP contribution < -0.4 is 11.2 Å². The maximum atomic E-state index is 14.0. The van der Waals surface area contributed by atoms with E-state index in [0.717, 1.165) is 23.8 Å². The van der Waals surface area contributed by atoms with Gasteiger partial charge in [0.2, 0.25) is 0 Å². The molecule has 0 saturated carbocycles. The number of hydrogen-bond donors (Lipinski definition) is 2. The predicted octanol–water partition coefficient (Wildman–Crippen LogP) is -1.30. The minimum absolute atomic E-state index is 0.328. The number of carbonyl (C=O) groups is 1. The zero-order valence-electron chi connectivity index (χ0n) is 10.5. The number of carbonyl (C=O) groups excluding carboxylic acids is 1. The van der Waals surface area contributed by atoms with E-state index in [9.17, 15) is 23.9 Å². The summed E-state index contributed by atoms with van der Waals surface area (Å²) < 4.78 is 24.6. The van der Waals surface area contributed by atoms with E-state index in [1.54, 1.807) is 0 Å². The molecule has 0 radical (unpaired) electrons. The topological polar surface area (TPSA) is 111 Å². The van der Waals surface area contributed by atoms with Crippen molar-refractivity contribution in [1.29, 1.82) is 0 Å². The highest BCUT2D eigenvalue weighted by molar-refractivity contribution is 5.65. The van der Waals surface area contributed by atoms with Crippen molar-refractivity contribution in [3.63, 3.8) is 0 Å². The first-order chi connectivity index (χ1) is 9.40. The van der Waals surface area contributed by atoms with Crippen molar-refractivity contribution in [3.8, 4) is 0 Å². The predicted molar refractivity (Wildman–Crippen MR) is 62.8 cm³/mol. The number of aromatic nitrogens is 2. The van der Waals surface area contributed by atoms with Crippen LogP contribution in [0.4, 0.5) is 4.39 Å². The Hall–Kier alpha value is -2.00. The van der Waals surface area contributed by atoms with E-state index in [1.165, 1.54) is 0 Å². The third-order valence-electron chi connectivity index (χ3n) is 2.87. The molecule has 8 nitrogen and oxygen atoms in total. The molecule has 0 aromatic carbocycles. The highest BCUT2D eigenvalue weighted by atomic mass is 19.1. The summed E-state index contributed by atoms with van der Waals surface area (Å²) in [7, 11) is 0. The molecule has 4 atom stereocenters. The average molecular weight is 288 g/mol. The molecule has 1 fully saturated rings. The van der Waals surface area contributed by atoms with Crippen LogP contribution in [0.5, 0.6) is 0 Å². The van der Waals surface area contributed by atoms with Crippen molar-refractivity contribution >= 4 is 5.97 Å². The molecule has 1 aromatic rings. The molecule has 1 aliphatic rings. The second-order valence-corrected chi connectivity index (χ2v) is 4.32. The summed E-state index contributed by atoms with van der Waals surface area (Å²) in [4.78, 5) is 35.1. The number of nitrogens with zero attached hydrogens (tertiary/aromatic N) is 1. The number of aromatic amines is 1. The fourth-order valence-electron chi connectivity index (χ4n) is 1.89. The zero-order chi connectivity index (χ0) is 14.9. The van der Waals surface area contributed by atoms with Crippen molar-refractivity contribution in [2.24, 2.45) is 0 Å². The quantitative estimate of drug-likeness (QED) is 0.669. The van der Waals surface area contributed by atoms with Crippen molar-refractivity contribution in [1.82, 2.24) is 9.55 Å². The van der Waals surface area contributed by atoms with Crippen LogP contribution in [0.1, 0.15) is 13.2 Å². The van der Waals surface area contributed by atoms with Gasteiger partial charge in [-0.1, -0.05) is 0 Å². The Morgan fingerprint density at radius 2 is 2.30 bits per heavy atom. The number of aliphatic hydroxyl groups is 1. The van der Waals surface area contributed by atoms with E-state index in [1.807, 2.05) is 4.98 Å². The van der Waals surface area contributed by atoms with Crippen molar-refractivity contribution in [2.75, 3.05) is 6.61 Å². The van der Waals surface area contributed by atoms with Gasteiger partial charge in [-0.2, -0.15) is 0 Å². The number of aliphatic hydroxyl groups excluding tert-OH is 1. The Balaban J connectivity index is 2.19. The molecule has 1 aromatic heterocycles. The normalized spacial score (nSPS) is 29.4. The average Bonchev–Trinajstić information content (AvgIpc) is 2.64. The molecule has 2 rings (SSSR count). The molecule has 1 saturated heterocycles. The van der Waals surface area contributed by atoms with Crippen LogP contribution in [-0.4, -0.2) is 45.6 Å². The summed E-state index contributed by atoms with van der Waals surface area (Å²) in [5.41, 5.74) is -1.48. The van der Waals surface area contributed by atoms with Gasteiger partial charge in [-0.25, -0.2) is 9.18 Å². The van der Waals surface area contributed by atoms with E-state index in [0.29, 0.717) is 0 Å². The van der Waals surface area contributed by atoms with E-state index < -0.39 is 41.8 Å². The lowest BCUT2D eigenvalue weighted by Crippen LogP contribution is -2.35.